The molecular formula is C104H80BN5S. The first-order valence-electron chi connectivity index (χ1n) is 38.7. The first-order chi connectivity index (χ1) is 54.4. The van der Waals surface area contributed by atoms with Crippen LogP contribution >= 0.6 is 11.3 Å². The number of hydrogen-bond donors (Lipinski definition) is 0. The number of hydrogen-bond acceptors (Lipinski definition) is 5. The highest BCUT2D eigenvalue weighted by atomic mass is 32.1. The van der Waals surface area contributed by atoms with E-state index in [-0.39, 0.29) is 17.5 Å². The Morgan fingerprint density at radius 1 is 0.297 bits per heavy atom. The third-order valence-corrected chi connectivity index (χ3v) is 24.0. The predicted molar refractivity (Wildman–Crippen MR) is 476 cm³/mol. The molecule has 18 aromatic rings. The van der Waals surface area contributed by atoms with E-state index in [0.29, 0.717) is 0 Å². The summed E-state index contributed by atoms with van der Waals surface area (Å²) in [6.45, 7) is 13.7. The Kier molecular flexibility index (Phi) is 16.3. The zero-order valence-corrected chi connectivity index (χ0v) is 63.8. The standard InChI is InChI=1S/C104H80BN5S/c1-103(2,3)73-57-61-89-86(63-73)87-64-74(104(4,5)6)58-62-90(87)108(89)80-66-93-98-94(67-80)110(101-83(71-39-19-9-20-40-71)54-34-55-84(101)72-41-21-10-22-42-72)95-68-92(107(77-47-27-13-28-48-77)78-49-29-14-30-50-78)97-85-51-31-32-56-96(85)111-102(97)99(95)105(98)88-60-59-79(106(75-43-23-11-24-44-75)76-45-25-12-26-46-76)65-91(88)109(93)100-81(69-35-15-7-16-36-69)52-33-53-82(100)70-37-17-8-18-38-70/h7-68H,1-6H3. The maximum absolute atomic E-state index is 2.74. The topological polar surface area (TPSA) is 17.9 Å². The molecule has 0 aliphatic carbocycles. The van der Waals surface area contributed by atoms with E-state index in [4.69, 9.17) is 0 Å². The molecule has 0 amide bonds. The molecule has 530 valence electrons. The maximum atomic E-state index is 2.74. The van der Waals surface area contributed by atoms with Crippen LogP contribution in [0.5, 0.6) is 0 Å². The minimum Gasteiger partial charge on any atom is -0.310 e. The lowest BCUT2D eigenvalue weighted by Gasteiger charge is -2.46. The van der Waals surface area contributed by atoms with E-state index < -0.39 is 0 Å². The molecule has 0 spiro atoms. The van der Waals surface area contributed by atoms with Crippen LogP contribution in [-0.2, 0) is 10.8 Å². The minimum atomic E-state index is -0.362. The van der Waals surface area contributed by atoms with Gasteiger partial charge in [-0.05, 0) is 170 Å². The maximum Gasteiger partial charge on any atom is 0.254 e. The van der Waals surface area contributed by atoms with Crippen molar-refractivity contribution in [3.05, 3.63) is 387 Å². The Morgan fingerprint density at radius 3 is 1.10 bits per heavy atom. The summed E-state index contributed by atoms with van der Waals surface area (Å²) in [5.41, 5.74) is 31.1. The van der Waals surface area contributed by atoms with Crippen LogP contribution < -0.4 is 36.0 Å². The van der Waals surface area contributed by atoms with Crippen molar-refractivity contribution >= 4 is 145 Å². The average Bonchev–Trinajstić information content (AvgIpc) is 1.62. The normalized spacial score (nSPS) is 12.5. The third kappa shape index (κ3) is 11.4. The van der Waals surface area contributed by atoms with Gasteiger partial charge in [-0.3, -0.25) is 0 Å². The second-order valence-corrected chi connectivity index (χ2v) is 32.6. The molecule has 4 heterocycles. The van der Waals surface area contributed by atoms with Crippen LogP contribution in [-0.4, -0.2) is 11.3 Å². The number of rotatable bonds is 13. The molecule has 0 saturated carbocycles. The molecule has 2 aromatic heterocycles. The van der Waals surface area contributed by atoms with Gasteiger partial charge in [0, 0.05) is 104 Å². The number of aromatic nitrogens is 1. The summed E-state index contributed by atoms with van der Waals surface area (Å²) in [4.78, 5) is 10.4. The van der Waals surface area contributed by atoms with Gasteiger partial charge in [0.2, 0.25) is 0 Å². The summed E-state index contributed by atoms with van der Waals surface area (Å²) in [7, 11) is 0. The molecule has 5 nitrogen and oxygen atoms in total. The monoisotopic (exact) mass is 1440 g/mol. The minimum absolute atomic E-state index is 0.118. The number of benzene rings is 16. The molecule has 20 rings (SSSR count). The van der Waals surface area contributed by atoms with Gasteiger partial charge in [-0.25, -0.2) is 0 Å². The summed E-state index contributed by atoms with van der Waals surface area (Å²) < 4.78 is 5.06. The summed E-state index contributed by atoms with van der Waals surface area (Å²) in [5.74, 6) is 0. The molecule has 0 bridgehead atoms. The van der Waals surface area contributed by atoms with E-state index in [1.165, 1.54) is 58.5 Å². The van der Waals surface area contributed by atoms with Gasteiger partial charge in [-0.1, -0.05) is 308 Å². The van der Waals surface area contributed by atoms with Gasteiger partial charge in [-0.2, -0.15) is 0 Å². The van der Waals surface area contributed by atoms with E-state index in [1.807, 2.05) is 11.3 Å². The van der Waals surface area contributed by atoms with Gasteiger partial charge in [0.1, 0.15) is 0 Å². The van der Waals surface area contributed by atoms with Crippen LogP contribution in [0.25, 0.3) is 92.2 Å². The molecule has 0 unspecified atom stereocenters. The second kappa shape index (κ2) is 26.9. The lowest BCUT2D eigenvalue weighted by atomic mass is 9.33. The summed E-state index contributed by atoms with van der Waals surface area (Å²) in [6.07, 6.45) is 0. The first kappa shape index (κ1) is 67.2. The SMILES string of the molecule is CC(C)(C)c1ccc2c(c1)c1cc(C(C)(C)C)ccc1n2-c1cc2c3c(c1)N(c1c(-c4ccccc4)cccc1-c1ccccc1)c1cc(N(c4ccccc4)c4ccccc4)c4c(sc5ccccc54)c1B3c1ccc(N(c3ccccc3)c3ccccc3)cc1N2c1c(-c2ccccc2)cccc1-c1ccccc1. The van der Waals surface area contributed by atoms with Crippen LogP contribution in [0.4, 0.5) is 68.2 Å². The summed E-state index contributed by atoms with van der Waals surface area (Å²) >= 11 is 1.92. The van der Waals surface area contributed by atoms with E-state index in [9.17, 15) is 0 Å². The molecule has 0 saturated heterocycles. The highest BCUT2D eigenvalue weighted by Gasteiger charge is 2.48. The Morgan fingerprint density at radius 2 is 0.676 bits per heavy atom. The zero-order valence-electron chi connectivity index (χ0n) is 63.0. The van der Waals surface area contributed by atoms with E-state index in [0.717, 1.165) is 129 Å². The molecule has 2 aliphatic heterocycles. The van der Waals surface area contributed by atoms with Gasteiger partial charge < -0.3 is 24.2 Å². The lowest BCUT2D eigenvalue weighted by molar-refractivity contribution is 0.590. The molecule has 111 heavy (non-hydrogen) atoms. The predicted octanol–water partition coefficient (Wildman–Crippen LogP) is 27.4. The van der Waals surface area contributed by atoms with Crippen molar-refractivity contribution in [2.24, 2.45) is 0 Å². The van der Waals surface area contributed by atoms with Gasteiger partial charge >= 0.3 is 0 Å². The van der Waals surface area contributed by atoms with Gasteiger partial charge in [0.05, 0.1) is 33.8 Å². The van der Waals surface area contributed by atoms with Gasteiger partial charge in [0.25, 0.3) is 6.71 Å². The Labute approximate surface area is 654 Å². The van der Waals surface area contributed by atoms with Crippen LogP contribution in [0.15, 0.2) is 376 Å². The molecule has 0 fully saturated rings. The van der Waals surface area contributed by atoms with Crippen molar-refractivity contribution in [2.45, 2.75) is 52.4 Å². The van der Waals surface area contributed by atoms with Crippen molar-refractivity contribution < 1.29 is 0 Å². The fourth-order valence-corrected chi connectivity index (χ4v) is 18.9. The zero-order chi connectivity index (χ0) is 74.6. The van der Waals surface area contributed by atoms with Crippen molar-refractivity contribution in [3.63, 3.8) is 0 Å². The Hall–Kier alpha value is -13.2. The van der Waals surface area contributed by atoms with Crippen molar-refractivity contribution in [2.75, 3.05) is 19.6 Å². The lowest BCUT2D eigenvalue weighted by Crippen LogP contribution is -2.61. The first-order valence-corrected chi connectivity index (χ1v) is 39.5. The molecule has 7 heteroatoms. The number of para-hydroxylation sites is 6. The fraction of sp³-hybridized carbons (Fsp3) is 0.0769. The quantitative estimate of drug-likeness (QED) is 0.107. The highest BCUT2D eigenvalue weighted by Crippen LogP contribution is 2.57. The van der Waals surface area contributed by atoms with Gasteiger partial charge in [-0.15, -0.1) is 11.3 Å². The highest BCUT2D eigenvalue weighted by molar-refractivity contribution is 7.28. The van der Waals surface area contributed by atoms with Crippen molar-refractivity contribution in [3.8, 4) is 50.2 Å². The molecular weight excluding hydrogens is 1360 g/mol. The smallest absolute Gasteiger partial charge is 0.254 e. The number of nitrogens with zero attached hydrogens (tertiary/aromatic N) is 5. The van der Waals surface area contributed by atoms with Crippen LogP contribution in [0.2, 0.25) is 0 Å². The molecule has 16 aromatic carbocycles. The molecule has 0 radical (unpaired) electrons. The van der Waals surface area contributed by atoms with Crippen LogP contribution in [0, 0.1) is 0 Å². The number of fused-ring (bicyclic) bond motifs is 11. The average molecular weight is 1440 g/mol. The largest absolute Gasteiger partial charge is 0.310 e. The van der Waals surface area contributed by atoms with Gasteiger partial charge in [0.15, 0.2) is 0 Å². The fourth-order valence-electron chi connectivity index (χ4n) is 17.6. The summed E-state index contributed by atoms with van der Waals surface area (Å²) in [5, 5.41) is 4.87. The second-order valence-electron chi connectivity index (χ2n) is 31.6. The molecule has 0 N–H and O–H groups in total. The molecule has 2 aliphatic rings. The van der Waals surface area contributed by atoms with Crippen LogP contribution in [0.1, 0.15) is 52.7 Å². The molecule has 0 atom stereocenters. The van der Waals surface area contributed by atoms with Crippen molar-refractivity contribution in [1.29, 1.82) is 0 Å². The Bertz CT molecular complexity index is 6310. The van der Waals surface area contributed by atoms with E-state index >= 15 is 0 Å². The van der Waals surface area contributed by atoms with Crippen molar-refractivity contribution in [1.82, 2.24) is 4.57 Å². The Balaban J connectivity index is 1.03. The number of thiophene rings is 1. The van der Waals surface area contributed by atoms with E-state index in [1.54, 1.807) is 0 Å². The number of anilines is 12. The third-order valence-electron chi connectivity index (χ3n) is 22.8. The summed E-state index contributed by atoms with van der Waals surface area (Å²) in [6, 6.07) is 141. The van der Waals surface area contributed by atoms with Crippen LogP contribution in [0.3, 0.4) is 0 Å². The van der Waals surface area contributed by atoms with E-state index in [2.05, 4.69) is 442 Å².